The van der Waals surface area contributed by atoms with E-state index in [0.29, 0.717) is 5.88 Å². The second-order valence-electron chi connectivity index (χ2n) is 3.48. The highest BCUT2D eigenvalue weighted by Gasteiger charge is 2.07. The topological polar surface area (TPSA) is 28.7 Å². The molecule has 0 unspecified atom stereocenters. The molecule has 0 aliphatic rings. The number of alkyl halides is 1. The normalized spacial score (nSPS) is 11.3. The molecule has 0 aliphatic carbocycles. The zero-order valence-electron chi connectivity index (χ0n) is 8.00. The number of benzene rings is 1. The minimum atomic E-state index is 0.432. The van der Waals surface area contributed by atoms with Gasteiger partial charge in [0, 0.05) is 17.0 Å². The van der Waals surface area contributed by atoms with Gasteiger partial charge in [0.15, 0.2) is 0 Å². The zero-order chi connectivity index (χ0) is 10.3. The molecule has 0 spiro atoms. The number of hydrogen-bond acceptors (Lipinski definition) is 1. The highest BCUT2D eigenvalue weighted by Crippen LogP contribution is 2.25. The van der Waals surface area contributed by atoms with Crippen LogP contribution in [0.3, 0.4) is 0 Å². The first-order valence-corrected chi connectivity index (χ1v) is 5.34. The van der Waals surface area contributed by atoms with Gasteiger partial charge in [0.25, 0.3) is 0 Å². The van der Waals surface area contributed by atoms with Gasteiger partial charge in [-0.15, -0.1) is 11.6 Å². The van der Waals surface area contributed by atoms with Crippen LogP contribution < -0.4 is 0 Å². The molecule has 15 heavy (non-hydrogen) atoms. The van der Waals surface area contributed by atoms with Gasteiger partial charge in [-0.3, -0.25) is 0 Å². The van der Waals surface area contributed by atoms with Crippen molar-refractivity contribution in [2.45, 2.75) is 5.88 Å². The number of aromatic amines is 1. The van der Waals surface area contributed by atoms with Crippen LogP contribution in [0, 0.1) is 0 Å². The van der Waals surface area contributed by atoms with Gasteiger partial charge in [-0.1, -0.05) is 18.2 Å². The molecule has 0 saturated heterocycles. The third-order valence-corrected chi connectivity index (χ3v) is 2.86. The Bertz CT molecular complexity index is 628. The molecule has 3 rings (SSSR count). The fraction of sp³-hybridized carbons (Fsp3) is 0.0833. The Labute approximate surface area is 91.9 Å². The maximum Gasteiger partial charge on any atom is 0.0799 e. The lowest BCUT2D eigenvalue weighted by Crippen LogP contribution is -1.89. The molecule has 0 radical (unpaired) electrons. The third-order valence-electron chi connectivity index (χ3n) is 2.61. The van der Waals surface area contributed by atoms with E-state index in [9.17, 15) is 0 Å². The third kappa shape index (κ3) is 1.22. The number of hydrogen-bond donors (Lipinski definition) is 1. The van der Waals surface area contributed by atoms with Crippen molar-refractivity contribution in [3.63, 3.8) is 0 Å². The van der Waals surface area contributed by atoms with E-state index in [4.69, 9.17) is 11.6 Å². The summed E-state index contributed by atoms with van der Waals surface area (Å²) in [6.07, 6.45) is 1.93. The van der Waals surface area contributed by atoms with Gasteiger partial charge in [-0.05, 0) is 12.1 Å². The number of aromatic nitrogens is 2. The molecule has 3 aromatic rings. The van der Waals surface area contributed by atoms with Crippen LogP contribution in [0.5, 0.6) is 0 Å². The number of nitrogens with one attached hydrogen (secondary N) is 1. The molecule has 74 valence electrons. The van der Waals surface area contributed by atoms with Crippen molar-refractivity contribution in [3.05, 3.63) is 42.2 Å². The highest BCUT2D eigenvalue weighted by molar-refractivity contribution is 6.18. The van der Waals surface area contributed by atoms with E-state index in [0.717, 1.165) is 16.7 Å². The fourth-order valence-corrected chi connectivity index (χ4v) is 2.12. The molecule has 3 heteroatoms. The number of nitrogens with zero attached hydrogens (tertiary/aromatic N) is 1. The lowest BCUT2D eigenvalue weighted by atomic mass is 10.1. The quantitative estimate of drug-likeness (QED) is 0.620. The summed E-state index contributed by atoms with van der Waals surface area (Å²) in [5.41, 5.74) is 2.96. The van der Waals surface area contributed by atoms with Crippen LogP contribution in [-0.4, -0.2) is 9.97 Å². The summed E-state index contributed by atoms with van der Waals surface area (Å²) < 4.78 is 0. The predicted molar refractivity (Wildman–Crippen MR) is 63.2 cm³/mol. The number of rotatable bonds is 1. The number of halogens is 1. The van der Waals surface area contributed by atoms with E-state index < -0.39 is 0 Å². The van der Waals surface area contributed by atoms with Gasteiger partial charge in [0.2, 0.25) is 0 Å². The van der Waals surface area contributed by atoms with E-state index in [1.807, 2.05) is 24.4 Å². The van der Waals surface area contributed by atoms with Gasteiger partial charge in [-0.25, -0.2) is 4.98 Å². The molecule has 0 saturated carbocycles. The van der Waals surface area contributed by atoms with Crippen LogP contribution in [0.15, 0.2) is 36.5 Å². The second-order valence-corrected chi connectivity index (χ2v) is 3.74. The van der Waals surface area contributed by atoms with E-state index in [2.05, 4.69) is 22.1 Å². The van der Waals surface area contributed by atoms with Crippen molar-refractivity contribution >= 4 is 33.4 Å². The predicted octanol–water partition coefficient (Wildman–Crippen LogP) is 3.45. The maximum absolute atomic E-state index is 5.88. The van der Waals surface area contributed by atoms with Crippen molar-refractivity contribution in [2.75, 3.05) is 0 Å². The van der Waals surface area contributed by atoms with E-state index in [1.165, 1.54) is 10.8 Å². The maximum atomic E-state index is 5.88. The molecule has 0 atom stereocenters. The Balaban J connectivity index is 2.57. The van der Waals surface area contributed by atoms with E-state index >= 15 is 0 Å². The Morgan fingerprint density at radius 3 is 2.87 bits per heavy atom. The van der Waals surface area contributed by atoms with E-state index in [1.54, 1.807) is 0 Å². The first-order valence-electron chi connectivity index (χ1n) is 4.81. The van der Waals surface area contributed by atoms with Crippen molar-refractivity contribution in [2.24, 2.45) is 0 Å². The van der Waals surface area contributed by atoms with Crippen LogP contribution in [0.4, 0.5) is 0 Å². The number of para-hydroxylation sites is 1. The number of pyridine rings is 1. The summed E-state index contributed by atoms with van der Waals surface area (Å²) in [6, 6.07) is 10.2. The van der Waals surface area contributed by atoms with Crippen molar-refractivity contribution in [1.82, 2.24) is 9.97 Å². The molecule has 0 amide bonds. The highest BCUT2D eigenvalue weighted by atomic mass is 35.5. The Morgan fingerprint density at radius 1 is 1.13 bits per heavy atom. The molecule has 0 aliphatic heterocycles. The Kier molecular flexibility index (Phi) is 1.89. The van der Waals surface area contributed by atoms with Gasteiger partial charge in [0.1, 0.15) is 0 Å². The van der Waals surface area contributed by atoms with Crippen LogP contribution in [0.1, 0.15) is 5.69 Å². The SMILES string of the molecule is ClCc1nc2ccccc2c2cc[nH]c12. The lowest BCUT2D eigenvalue weighted by Gasteiger charge is -2.03. The molecule has 2 heterocycles. The van der Waals surface area contributed by atoms with Gasteiger partial charge >= 0.3 is 0 Å². The average molecular weight is 217 g/mol. The minimum absolute atomic E-state index is 0.432. The van der Waals surface area contributed by atoms with Crippen LogP contribution in [0.25, 0.3) is 21.8 Å². The zero-order valence-corrected chi connectivity index (χ0v) is 8.75. The van der Waals surface area contributed by atoms with Gasteiger partial charge < -0.3 is 4.98 Å². The number of H-pyrrole nitrogens is 1. The van der Waals surface area contributed by atoms with Crippen LogP contribution in [-0.2, 0) is 5.88 Å². The summed E-state index contributed by atoms with van der Waals surface area (Å²) >= 11 is 5.88. The molecule has 1 aromatic carbocycles. The first kappa shape index (κ1) is 8.74. The molecule has 1 N–H and O–H groups in total. The standard InChI is InChI=1S/C12H9ClN2/c13-7-11-12-9(5-6-14-12)8-3-1-2-4-10(8)15-11/h1-6,14H,7H2. The number of fused-ring (bicyclic) bond motifs is 3. The first-order chi connectivity index (χ1) is 7.40. The molecule has 2 aromatic heterocycles. The summed E-state index contributed by atoms with van der Waals surface area (Å²) in [5, 5.41) is 2.36. The Morgan fingerprint density at radius 2 is 2.00 bits per heavy atom. The fourth-order valence-electron chi connectivity index (χ4n) is 1.93. The van der Waals surface area contributed by atoms with Crippen LogP contribution in [0.2, 0.25) is 0 Å². The molecule has 0 bridgehead atoms. The van der Waals surface area contributed by atoms with Crippen LogP contribution >= 0.6 is 11.6 Å². The summed E-state index contributed by atoms with van der Waals surface area (Å²) in [7, 11) is 0. The van der Waals surface area contributed by atoms with Crippen molar-refractivity contribution in [3.8, 4) is 0 Å². The second kappa shape index (κ2) is 3.24. The monoisotopic (exact) mass is 216 g/mol. The summed E-state index contributed by atoms with van der Waals surface area (Å²) in [6.45, 7) is 0. The van der Waals surface area contributed by atoms with Crippen molar-refractivity contribution in [1.29, 1.82) is 0 Å². The van der Waals surface area contributed by atoms with E-state index in [-0.39, 0.29) is 0 Å². The minimum Gasteiger partial charge on any atom is -0.360 e. The largest absolute Gasteiger partial charge is 0.360 e. The molecular weight excluding hydrogens is 208 g/mol. The van der Waals surface area contributed by atoms with Gasteiger partial charge in [-0.2, -0.15) is 0 Å². The lowest BCUT2D eigenvalue weighted by molar-refractivity contribution is 1.23. The molecule has 2 nitrogen and oxygen atoms in total. The average Bonchev–Trinajstić information content (AvgIpc) is 2.77. The summed E-state index contributed by atoms with van der Waals surface area (Å²) in [5.74, 6) is 0.432. The van der Waals surface area contributed by atoms with Crippen molar-refractivity contribution < 1.29 is 0 Å². The molecular formula is C12H9ClN2. The smallest absolute Gasteiger partial charge is 0.0799 e. The Hall–Kier alpha value is -1.54. The summed E-state index contributed by atoms with van der Waals surface area (Å²) in [4.78, 5) is 7.72. The van der Waals surface area contributed by atoms with Gasteiger partial charge in [0.05, 0.1) is 22.6 Å². The molecule has 0 fully saturated rings.